The Balaban J connectivity index is 1.15. The minimum absolute atomic E-state index is 0.891. The Morgan fingerprint density at radius 3 is 1.62 bits per heavy atom. The normalized spacial score (nSPS) is 11.5. The molecule has 2 aromatic heterocycles. The summed E-state index contributed by atoms with van der Waals surface area (Å²) in [7, 11) is 0. The molecular weight excluding hydrogens is 653 g/mol. The van der Waals surface area contributed by atoms with Crippen LogP contribution in [0.2, 0.25) is 0 Å². The summed E-state index contributed by atoms with van der Waals surface area (Å²) >= 11 is 1.86. The second-order valence-electron chi connectivity index (χ2n) is 12.9. The van der Waals surface area contributed by atoms with Gasteiger partial charge in [0.05, 0.1) is 10.4 Å². The predicted octanol–water partition coefficient (Wildman–Crippen LogP) is 14.6. The fraction of sp³-hybridized carbons (Fsp3) is 0. The van der Waals surface area contributed by atoms with E-state index in [0.29, 0.717) is 0 Å². The minimum Gasteiger partial charge on any atom is -0.456 e. The van der Waals surface area contributed by atoms with E-state index in [2.05, 4.69) is 192 Å². The van der Waals surface area contributed by atoms with Gasteiger partial charge in [-0.2, -0.15) is 0 Å². The molecule has 0 N–H and O–H groups in total. The van der Waals surface area contributed by atoms with Gasteiger partial charge >= 0.3 is 0 Å². The van der Waals surface area contributed by atoms with Crippen molar-refractivity contribution in [1.82, 2.24) is 0 Å². The molecule has 10 rings (SSSR count). The molecule has 0 spiro atoms. The average Bonchev–Trinajstić information content (AvgIpc) is 3.79. The van der Waals surface area contributed by atoms with E-state index in [1.165, 1.54) is 31.3 Å². The van der Waals surface area contributed by atoms with Gasteiger partial charge < -0.3 is 14.2 Å². The number of thiophene rings is 1. The van der Waals surface area contributed by atoms with Crippen LogP contribution < -0.4 is 9.80 Å². The molecule has 246 valence electrons. The van der Waals surface area contributed by atoms with Crippen LogP contribution in [0.15, 0.2) is 199 Å². The molecule has 0 bridgehead atoms. The number of benzene rings is 8. The van der Waals surface area contributed by atoms with Gasteiger partial charge in [-0.1, -0.05) is 109 Å². The molecule has 8 aromatic carbocycles. The van der Waals surface area contributed by atoms with E-state index in [0.717, 1.165) is 56.1 Å². The van der Waals surface area contributed by atoms with Crippen molar-refractivity contribution in [3.8, 4) is 11.1 Å². The molecule has 0 saturated heterocycles. The van der Waals surface area contributed by atoms with E-state index in [9.17, 15) is 0 Å². The first-order chi connectivity index (χ1) is 25.8. The average molecular weight is 685 g/mol. The van der Waals surface area contributed by atoms with Gasteiger partial charge in [0.25, 0.3) is 0 Å². The Kier molecular flexibility index (Phi) is 7.33. The lowest BCUT2D eigenvalue weighted by molar-refractivity contribution is 0.669. The van der Waals surface area contributed by atoms with Crippen molar-refractivity contribution in [1.29, 1.82) is 0 Å². The van der Waals surface area contributed by atoms with E-state index in [1.54, 1.807) is 0 Å². The minimum atomic E-state index is 0.891. The zero-order valence-electron chi connectivity index (χ0n) is 28.2. The summed E-state index contributed by atoms with van der Waals surface area (Å²) in [4.78, 5) is 4.70. The molecule has 0 atom stereocenters. The highest BCUT2D eigenvalue weighted by Crippen LogP contribution is 2.49. The van der Waals surface area contributed by atoms with Crippen molar-refractivity contribution in [2.75, 3.05) is 9.80 Å². The lowest BCUT2D eigenvalue weighted by Crippen LogP contribution is -2.10. The highest BCUT2D eigenvalue weighted by atomic mass is 32.1. The van der Waals surface area contributed by atoms with Gasteiger partial charge in [0.1, 0.15) is 11.2 Å². The first-order valence-electron chi connectivity index (χ1n) is 17.5. The van der Waals surface area contributed by atoms with Crippen molar-refractivity contribution < 1.29 is 4.42 Å². The molecule has 10 aromatic rings. The van der Waals surface area contributed by atoms with Crippen molar-refractivity contribution in [2.24, 2.45) is 0 Å². The molecule has 0 aliphatic carbocycles. The Morgan fingerprint density at radius 2 is 0.923 bits per heavy atom. The fourth-order valence-electron chi connectivity index (χ4n) is 7.48. The van der Waals surface area contributed by atoms with Crippen LogP contribution in [0.3, 0.4) is 0 Å². The largest absolute Gasteiger partial charge is 0.456 e. The zero-order valence-corrected chi connectivity index (χ0v) is 29.0. The molecule has 0 aliphatic rings. The third-order valence-electron chi connectivity index (χ3n) is 9.84. The maximum Gasteiger partial charge on any atom is 0.135 e. The molecule has 2 heterocycles. The number of para-hydroxylation sites is 4. The van der Waals surface area contributed by atoms with Gasteiger partial charge in [-0.05, 0) is 96.1 Å². The van der Waals surface area contributed by atoms with Gasteiger partial charge in [-0.3, -0.25) is 0 Å². The van der Waals surface area contributed by atoms with Crippen molar-refractivity contribution in [2.45, 2.75) is 0 Å². The number of nitrogens with zero attached hydrogens (tertiary/aromatic N) is 2. The quantitative estimate of drug-likeness (QED) is 0.167. The smallest absolute Gasteiger partial charge is 0.135 e. The van der Waals surface area contributed by atoms with Gasteiger partial charge in [-0.25, -0.2) is 0 Å². The van der Waals surface area contributed by atoms with Crippen LogP contribution >= 0.6 is 11.3 Å². The Morgan fingerprint density at radius 1 is 0.385 bits per heavy atom. The number of hydrogen-bond acceptors (Lipinski definition) is 4. The molecule has 0 aliphatic heterocycles. The van der Waals surface area contributed by atoms with Crippen LogP contribution in [0.5, 0.6) is 0 Å². The number of rotatable bonds is 7. The van der Waals surface area contributed by atoms with Crippen molar-refractivity contribution >= 4 is 87.6 Å². The van der Waals surface area contributed by atoms with E-state index in [-0.39, 0.29) is 0 Å². The van der Waals surface area contributed by atoms with E-state index in [1.807, 2.05) is 23.5 Å². The van der Waals surface area contributed by atoms with Gasteiger partial charge in [0.2, 0.25) is 0 Å². The van der Waals surface area contributed by atoms with Crippen LogP contribution in [0.25, 0.3) is 53.2 Å². The molecule has 3 nitrogen and oxygen atoms in total. The lowest BCUT2D eigenvalue weighted by Gasteiger charge is -2.27. The monoisotopic (exact) mass is 684 g/mol. The lowest BCUT2D eigenvalue weighted by atomic mass is 9.97. The standard InChI is InChI=1S/C48H32N2OS/c1-4-14-34(15-5-1)49(35-16-6-2-7-17-35)37-26-24-33(25-27-37)39-29-30-43(48-47(39)41-21-11-13-23-46(41)52-48)50(36-18-8-3-9-19-36)38-28-31-45-42(32-38)40-20-10-12-22-44(40)51-45/h1-32H. The third kappa shape index (κ3) is 5.12. The first-order valence-corrected chi connectivity index (χ1v) is 18.3. The van der Waals surface area contributed by atoms with Gasteiger partial charge in [-0.15, -0.1) is 11.3 Å². The summed E-state index contributed by atoms with van der Waals surface area (Å²) in [6.07, 6.45) is 0. The van der Waals surface area contributed by atoms with Crippen molar-refractivity contribution in [3.05, 3.63) is 194 Å². The van der Waals surface area contributed by atoms with Crippen LogP contribution in [0.1, 0.15) is 0 Å². The highest BCUT2D eigenvalue weighted by molar-refractivity contribution is 7.26. The zero-order chi connectivity index (χ0) is 34.4. The molecule has 0 unspecified atom stereocenters. The van der Waals surface area contributed by atoms with E-state index >= 15 is 0 Å². The Labute approximate surface area is 305 Å². The van der Waals surface area contributed by atoms with Crippen LogP contribution in [0.4, 0.5) is 34.1 Å². The number of fused-ring (bicyclic) bond motifs is 6. The second kappa shape index (κ2) is 12.6. The highest BCUT2D eigenvalue weighted by Gasteiger charge is 2.22. The summed E-state index contributed by atoms with van der Waals surface area (Å²) in [6.45, 7) is 0. The fourth-order valence-corrected chi connectivity index (χ4v) is 8.71. The molecule has 0 amide bonds. The summed E-state index contributed by atoms with van der Waals surface area (Å²) < 4.78 is 8.75. The topological polar surface area (TPSA) is 19.6 Å². The number of furan rings is 1. The van der Waals surface area contributed by atoms with Crippen LogP contribution in [-0.4, -0.2) is 0 Å². The molecule has 0 radical (unpaired) electrons. The summed E-state index contributed by atoms with van der Waals surface area (Å²) in [5, 5.41) is 4.77. The molecule has 4 heteroatoms. The maximum atomic E-state index is 6.23. The van der Waals surface area contributed by atoms with Crippen molar-refractivity contribution in [3.63, 3.8) is 0 Å². The first kappa shape index (κ1) is 30.2. The molecule has 0 saturated carbocycles. The van der Waals surface area contributed by atoms with E-state index < -0.39 is 0 Å². The SMILES string of the molecule is c1ccc(N(c2ccccc2)c2ccc(-c3ccc(N(c4ccccc4)c4ccc5oc6ccccc6c5c4)c4sc5ccccc5c34)cc2)cc1. The maximum absolute atomic E-state index is 6.23. The molecular formula is C48H32N2OS. The summed E-state index contributed by atoms with van der Waals surface area (Å²) in [6, 6.07) is 69.0. The summed E-state index contributed by atoms with van der Waals surface area (Å²) in [5.41, 5.74) is 10.9. The number of anilines is 6. The van der Waals surface area contributed by atoms with Crippen LogP contribution in [0, 0.1) is 0 Å². The summed E-state index contributed by atoms with van der Waals surface area (Å²) in [5.74, 6) is 0. The van der Waals surface area contributed by atoms with Crippen LogP contribution in [-0.2, 0) is 0 Å². The Hall–Kier alpha value is -6.62. The van der Waals surface area contributed by atoms with Gasteiger partial charge in [0.15, 0.2) is 0 Å². The Bertz CT molecular complexity index is 2800. The molecule has 0 fully saturated rings. The predicted molar refractivity (Wildman–Crippen MR) is 221 cm³/mol. The molecule has 52 heavy (non-hydrogen) atoms. The van der Waals surface area contributed by atoms with Gasteiger partial charge in [0, 0.05) is 54.7 Å². The van der Waals surface area contributed by atoms with E-state index in [4.69, 9.17) is 4.42 Å². The third-order valence-corrected chi connectivity index (χ3v) is 11.0. The second-order valence-corrected chi connectivity index (χ2v) is 14.0. The number of hydrogen-bond donors (Lipinski definition) is 0.